The standard InChI is InChI=1S/C19H16N2O3/c1-23-17-7-6-14(16-11-19(22)21-20-16)10-18(17)24-15-8-12-4-2-3-5-13(12)9-15/h2-7,10-11,15H,8-9H2,1H3. The van der Waals surface area contributed by atoms with Crippen molar-refractivity contribution >= 4 is 11.6 Å². The lowest BCUT2D eigenvalue weighted by Crippen LogP contribution is -2.16. The summed E-state index contributed by atoms with van der Waals surface area (Å²) in [6.45, 7) is 0. The average Bonchev–Trinajstić information content (AvgIpc) is 3.20. The van der Waals surface area contributed by atoms with Crippen LogP contribution in [0.25, 0.3) is 5.70 Å². The third-order valence-electron chi connectivity index (χ3n) is 4.28. The zero-order valence-electron chi connectivity index (χ0n) is 13.2. The molecule has 0 bridgehead atoms. The fourth-order valence-electron chi connectivity index (χ4n) is 3.13. The summed E-state index contributed by atoms with van der Waals surface area (Å²) in [4.78, 5) is 11.2. The van der Waals surface area contributed by atoms with Crippen LogP contribution in [0, 0.1) is 0 Å². The van der Waals surface area contributed by atoms with Crippen molar-refractivity contribution in [2.45, 2.75) is 18.9 Å². The summed E-state index contributed by atoms with van der Waals surface area (Å²) in [5.41, 5.74) is 3.99. The van der Waals surface area contributed by atoms with Crippen LogP contribution in [-0.2, 0) is 17.6 Å². The first kappa shape index (κ1) is 14.6. The number of carbonyl (C=O) groups is 1. The molecule has 120 valence electrons. The van der Waals surface area contributed by atoms with E-state index in [9.17, 15) is 4.79 Å². The number of methoxy groups -OCH3 is 1. The molecule has 1 aliphatic carbocycles. The van der Waals surface area contributed by atoms with E-state index in [0.717, 1.165) is 18.4 Å². The van der Waals surface area contributed by atoms with Gasteiger partial charge in [0.25, 0.3) is 5.91 Å². The summed E-state index contributed by atoms with van der Waals surface area (Å²) in [5.74, 6) is 0.981. The summed E-state index contributed by atoms with van der Waals surface area (Å²) >= 11 is 0. The van der Waals surface area contributed by atoms with Crippen LogP contribution in [0.3, 0.4) is 0 Å². The minimum absolute atomic E-state index is 0.0763. The Bertz CT molecular complexity index is 846. The molecule has 0 spiro atoms. The van der Waals surface area contributed by atoms with Crippen molar-refractivity contribution in [1.29, 1.82) is 0 Å². The summed E-state index contributed by atoms with van der Waals surface area (Å²) in [6.07, 6.45) is 3.25. The van der Waals surface area contributed by atoms with Gasteiger partial charge in [-0.1, -0.05) is 24.3 Å². The van der Waals surface area contributed by atoms with Gasteiger partial charge < -0.3 is 9.47 Å². The number of azo groups is 1. The lowest BCUT2D eigenvalue weighted by molar-refractivity contribution is -0.113. The molecule has 0 N–H and O–H groups in total. The minimum Gasteiger partial charge on any atom is -0.493 e. The van der Waals surface area contributed by atoms with Crippen LogP contribution in [0.15, 0.2) is 58.8 Å². The second-order valence-electron chi connectivity index (χ2n) is 5.85. The Balaban J connectivity index is 1.59. The molecular formula is C19H16N2O3. The highest BCUT2D eigenvalue weighted by Crippen LogP contribution is 2.35. The molecule has 1 heterocycles. The molecule has 24 heavy (non-hydrogen) atoms. The molecule has 2 aromatic rings. The van der Waals surface area contributed by atoms with Gasteiger partial charge >= 0.3 is 0 Å². The van der Waals surface area contributed by atoms with E-state index in [-0.39, 0.29) is 12.0 Å². The molecule has 5 heteroatoms. The zero-order chi connectivity index (χ0) is 16.5. The fourth-order valence-corrected chi connectivity index (χ4v) is 3.13. The van der Waals surface area contributed by atoms with Crippen molar-refractivity contribution in [3.63, 3.8) is 0 Å². The number of nitrogens with zero attached hydrogens (tertiary/aromatic N) is 2. The van der Waals surface area contributed by atoms with E-state index in [1.165, 1.54) is 17.2 Å². The van der Waals surface area contributed by atoms with Crippen LogP contribution >= 0.6 is 0 Å². The lowest BCUT2D eigenvalue weighted by Gasteiger charge is -2.16. The van der Waals surface area contributed by atoms with Crippen LogP contribution in [0.5, 0.6) is 11.5 Å². The van der Waals surface area contributed by atoms with Gasteiger partial charge in [0.1, 0.15) is 6.10 Å². The normalized spacial score (nSPS) is 16.2. The summed E-state index contributed by atoms with van der Waals surface area (Å²) in [7, 11) is 1.61. The van der Waals surface area contributed by atoms with Gasteiger partial charge in [-0.05, 0) is 29.3 Å². The van der Waals surface area contributed by atoms with Crippen molar-refractivity contribution in [2.75, 3.05) is 7.11 Å². The van der Waals surface area contributed by atoms with Gasteiger partial charge in [-0.3, -0.25) is 4.79 Å². The Morgan fingerprint density at radius 1 is 1.00 bits per heavy atom. The first-order valence-corrected chi connectivity index (χ1v) is 7.82. The highest BCUT2D eigenvalue weighted by Gasteiger charge is 2.24. The van der Waals surface area contributed by atoms with Gasteiger partial charge in [0.05, 0.1) is 12.8 Å². The maximum absolute atomic E-state index is 11.2. The highest BCUT2D eigenvalue weighted by molar-refractivity contribution is 5.98. The molecule has 2 aliphatic rings. The minimum atomic E-state index is -0.338. The summed E-state index contributed by atoms with van der Waals surface area (Å²) < 4.78 is 11.6. The van der Waals surface area contributed by atoms with Gasteiger partial charge in [-0.25, -0.2) is 0 Å². The van der Waals surface area contributed by atoms with E-state index in [1.54, 1.807) is 7.11 Å². The molecule has 5 nitrogen and oxygen atoms in total. The van der Waals surface area contributed by atoms with Crippen LogP contribution < -0.4 is 9.47 Å². The van der Waals surface area contributed by atoms with Gasteiger partial charge in [-0.15, -0.1) is 10.2 Å². The largest absolute Gasteiger partial charge is 0.493 e. The predicted molar refractivity (Wildman–Crippen MR) is 89.1 cm³/mol. The molecule has 0 saturated carbocycles. The summed E-state index contributed by atoms with van der Waals surface area (Å²) in [6, 6.07) is 13.9. The lowest BCUT2D eigenvalue weighted by atomic mass is 10.1. The Morgan fingerprint density at radius 3 is 2.38 bits per heavy atom. The number of carbonyl (C=O) groups excluding carboxylic acids is 1. The molecule has 1 aliphatic heterocycles. The molecule has 0 saturated heterocycles. The summed E-state index contributed by atoms with van der Waals surface area (Å²) in [5, 5.41) is 7.41. The SMILES string of the molecule is COc1ccc(C2=CC(=O)N=N2)cc1OC1Cc2ccccc2C1. The number of fused-ring (bicyclic) bond motifs is 1. The van der Waals surface area contributed by atoms with E-state index >= 15 is 0 Å². The second kappa shape index (κ2) is 5.92. The van der Waals surface area contributed by atoms with Crippen LogP contribution in [-0.4, -0.2) is 19.1 Å². The maximum Gasteiger partial charge on any atom is 0.290 e. The van der Waals surface area contributed by atoms with E-state index in [0.29, 0.717) is 17.2 Å². The Hall–Kier alpha value is -2.95. The Kier molecular flexibility index (Phi) is 3.61. The van der Waals surface area contributed by atoms with Crippen molar-refractivity contribution in [2.24, 2.45) is 10.2 Å². The van der Waals surface area contributed by atoms with Crippen LogP contribution in [0.1, 0.15) is 16.7 Å². The predicted octanol–water partition coefficient (Wildman–Crippen LogP) is 3.57. The van der Waals surface area contributed by atoms with Crippen molar-refractivity contribution in [3.8, 4) is 11.5 Å². The van der Waals surface area contributed by atoms with Gasteiger partial charge in [0, 0.05) is 24.5 Å². The number of hydrogen-bond donors (Lipinski definition) is 0. The van der Waals surface area contributed by atoms with Crippen LogP contribution in [0.2, 0.25) is 0 Å². The van der Waals surface area contributed by atoms with Crippen molar-refractivity contribution < 1.29 is 14.3 Å². The second-order valence-corrected chi connectivity index (χ2v) is 5.85. The highest BCUT2D eigenvalue weighted by atomic mass is 16.5. The molecule has 0 radical (unpaired) electrons. The number of hydrogen-bond acceptors (Lipinski definition) is 4. The molecule has 0 aromatic heterocycles. The fraction of sp³-hybridized carbons (Fsp3) is 0.211. The smallest absolute Gasteiger partial charge is 0.290 e. The maximum atomic E-state index is 11.2. The first-order valence-electron chi connectivity index (χ1n) is 7.82. The number of benzene rings is 2. The molecular weight excluding hydrogens is 304 g/mol. The Labute approximate surface area is 139 Å². The van der Waals surface area contributed by atoms with Crippen molar-refractivity contribution in [3.05, 3.63) is 65.2 Å². The van der Waals surface area contributed by atoms with Gasteiger partial charge in [0.2, 0.25) is 0 Å². The monoisotopic (exact) mass is 320 g/mol. The van der Waals surface area contributed by atoms with Crippen LogP contribution in [0.4, 0.5) is 0 Å². The molecule has 4 rings (SSSR count). The van der Waals surface area contributed by atoms with E-state index in [2.05, 4.69) is 34.5 Å². The van der Waals surface area contributed by atoms with Gasteiger partial charge in [-0.2, -0.15) is 0 Å². The Morgan fingerprint density at radius 2 is 1.75 bits per heavy atom. The third kappa shape index (κ3) is 2.69. The van der Waals surface area contributed by atoms with E-state index in [1.807, 2.05) is 18.2 Å². The first-order chi connectivity index (χ1) is 11.7. The number of amides is 1. The molecule has 2 aromatic carbocycles. The number of rotatable bonds is 4. The zero-order valence-corrected chi connectivity index (χ0v) is 13.2. The molecule has 0 atom stereocenters. The average molecular weight is 320 g/mol. The van der Waals surface area contributed by atoms with Gasteiger partial charge in [0.15, 0.2) is 11.5 Å². The molecule has 0 fully saturated rings. The molecule has 1 amide bonds. The number of ether oxygens (including phenoxy) is 2. The third-order valence-corrected chi connectivity index (χ3v) is 4.28. The topological polar surface area (TPSA) is 60.2 Å². The molecule has 0 unspecified atom stereocenters. The quantitative estimate of drug-likeness (QED) is 0.865. The van der Waals surface area contributed by atoms with Crippen molar-refractivity contribution in [1.82, 2.24) is 0 Å². The van der Waals surface area contributed by atoms with E-state index in [4.69, 9.17) is 9.47 Å². The van der Waals surface area contributed by atoms with E-state index < -0.39 is 0 Å².